The molecule has 1 spiro atoms. The average Bonchev–Trinajstić information content (AvgIpc) is 3.52. The molecule has 8 atom stereocenters. The van der Waals surface area contributed by atoms with Gasteiger partial charge in [0.1, 0.15) is 6.29 Å². The molecule has 5 heteroatoms. The van der Waals surface area contributed by atoms with Crippen molar-refractivity contribution in [3.05, 3.63) is 35.9 Å². The van der Waals surface area contributed by atoms with Gasteiger partial charge >= 0.3 is 5.97 Å². The van der Waals surface area contributed by atoms with Crippen molar-refractivity contribution < 1.29 is 25.6 Å². The van der Waals surface area contributed by atoms with E-state index in [0.29, 0.717) is 22.3 Å². The van der Waals surface area contributed by atoms with Gasteiger partial charge in [-0.05, 0) is 110 Å². The quantitative estimate of drug-likeness (QED) is 0.399. The predicted molar refractivity (Wildman–Crippen MR) is 150 cm³/mol. The van der Waals surface area contributed by atoms with E-state index in [1.54, 1.807) is 30.3 Å². The molecule has 1 aromatic rings. The van der Waals surface area contributed by atoms with Crippen LogP contribution < -0.4 is 0 Å². The van der Waals surface area contributed by atoms with E-state index in [2.05, 4.69) is 20.8 Å². The van der Waals surface area contributed by atoms with Gasteiger partial charge in [-0.1, -0.05) is 39.0 Å². The largest absolute Gasteiger partial charge is 0.478 e. The van der Waals surface area contributed by atoms with Crippen molar-refractivity contribution in [1.82, 2.24) is 0 Å². The summed E-state index contributed by atoms with van der Waals surface area (Å²) in [5.41, 5.74) is 1.34. The molecule has 0 radical (unpaired) electrons. The van der Waals surface area contributed by atoms with Crippen LogP contribution in [0.3, 0.4) is 0 Å². The minimum absolute atomic E-state index is 0. The van der Waals surface area contributed by atoms with Gasteiger partial charge < -0.3 is 19.4 Å². The van der Waals surface area contributed by atoms with Crippen molar-refractivity contribution in [3.63, 3.8) is 0 Å². The number of fused-ring (bicyclic) bond motifs is 5. The summed E-state index contributed by atoms with van der Waals surface area (Å²) in [6.45, 7) is 9.28. The first kappa shape index (κ1) is 27.8. The summed E-state index contributed by atoms with van der Waals surface area (Å²) in [6, 6.07) is 8.30. The number of ether oxygens (including phenoxy) is 2. The highest BCUT2D eigenvalue weighted by atomic mass is 16.7. The molecule has 1 heterocycles. The van der Waals surface area contributed by atoms with Crippen LogP contribution in [0.2, 0.25) is 0 Å². The molecule has 5 aliphatic rings. The molecule has 5 fully saturated rings. The summed E-state index contributed by atoms with van der Waals surface area (Å²) in [5, 5.41) is 8.38. The lowest BCUT2D eigenvalue weighted by Crippen LogP contribution is -2.56. The van der Waals surface area contributed by atoms with Gasteiger partial charge in [0.05, 0.1) is 18.8 Å². The molecule has 212 valence electrons. The van der Waals surface area contributed by atoms with Gasteiger partial charge in [-0.15, -0.1) is 0 Å². The molecular weight excluding hydrogens is 476 g/mol. The van der Waals surface area contributed by atoms with Gasteiger partial charge in [0.25, 0.3) is 0 Å². The second-order valence-corrected chi connectivity index (χ2v) is 13.6. The van der Waals surface area contributed by atoms with Crippen LogP contribution in [0.5, 0.6) is 0 Å². The molecule has 4 unspecified atom stereocenters. The molecule has 1 aliphatic heterocycles. The minimum atomic E-state index is -0.879. The van der Waals surface area contributed by atoms with Crippen LogP contribution in [0.25, 0.3) is 0 Å². The third kappa shape index (κ3) is 4.98. The van der Waals surface area contributed by atoms with E-state index in [9.17, 15) is 9.59 Å². The van der Waals surface area contributed by atoms with E-state index in [1.165, 1.54) is 44.9 Å². The fourth-order valence-corrected chi connectivity index (χ4v) is 10.0. The molecule has 1 aromatic carbocycles. The average molecular weight is 527 g/mol. The number of aldehydes is 1. The van der Waals surface area contributed by atoms with Crippen molar-refractivity contribution in [3.8, 4) is 0 Å². The lowest BCUT2D eigenvalue weighted by molar-refractivity contribution is -0.229. The van der Waals surface area contributed by atoms with Gasteiger partial charge in [0, 0.05) is 20.7 Å². The standard InChI is InChI=1S/C26H42O3.C7H6O2.H2/c1-18(5-4-14-27)21-8-9-22-20-7-6-19-17-26(28-15-16-29-26)13-12-24(19,2)23(20)10-11-25(21,22)3;8-7(9)6-4-2-1-3-5-6;/h14,18-23H,4-13,15-17H2,1-3H3;1-5H,(H,8,9);1H/t18-,19?,20?,21-,22?,23?,24+,25-;;/m1../s1. The lowest BCUT2D eigenvalue weighted by atomic mass is 9.44. The zero-order valence-corrected chi connectivity index (χ0v) is 23.7. The Morgan fingerprint density at radius 3 is 2.37 bits per heavy atom. The fraction of sp³-hybridized carbons (Fsp3) is 0.758. The van der Waals surface area contributed by atoms with E-state index in [1.807, 2.05) is 0 Å². The maximum atomic E-state index is 10.9. The van der Waals surface area contributed by atoms with E-state index < -0.39 is 5.97 Å². The number of aromatic carboxylic acids is 1. The molecule has 0 aromatic heterocycles. The summed E-state index contributed by atoms with van der Waals surface area (Å²) < 4.78 is 12.2. The van der Waals surface area contributed by atoms with Crippen molar-refractivity contribution >= 4 is 12.3 Å². The Kier molecular flexibility index (Phi) is 8.09. The number of rotatable bonds is 5. The Hall–Kier alpha value is -1.72. The monoisotopic (exact) mass is 526 g/mol. The summed E-state index contributed by atoms with van der Waals surface area (Å²) in [4.78, 5) is 21.1. The van der Waals surface area contributed by atoms with Gasteiger partial charge in [0.15, 0.2) is 5.79 Å². The zero-order valence-electron chi connectivity index (χ0n) is 23.7. The van der Waals surface area contributed by atoms with Crippen molar-refractivity contribution in [2.75, 3.05) is 13.2 Å². The zero-order chi connectivity index (χ0) is 27.0. The third-order valence-electron chi connectivity index (χ3n) is 12.0. The molecule has 0 bridgehead atoms. The first-order chi connectivity index (χ1) is 18.2. The van der Waals surface area contributed by atoms with E-state index in [0.717, 1.165) is 74.8 Å². The Balaban J connectivity index is 0.000000302. The number of benzene rings is 1. The second kappa shape index (κ2) is 11.0. The molecule has 1 saturated heterocycles. The van der Waals surface area contributed by atoms with Gasteiger partial charge in [0.2, 0.25) is 0 Å². The molecule has 5 nitrogen and oxygen atoms in total. The van der Waals surface area contributed by atoms with Gasteiger partial charge in [-0.2, -0.15) is 0 Å². The summed E-state index contributed by atoms with van der Waals surface area (Å²) in [5.74, 6) is 3.95. The molecule has 6 rings (SSSR count). The summed E-state index contributed by atoms with van der Waals surface area (Å²) in [7, 11) is 0. The first-order valence-corrected chi connectivity index (χ1v) is 15.2. The van der Waals surface area contributed by atoms with Crippen LogP contribution in [0.4, 0.5) is 0 Å². The predicted octanol–water partition coefficient (Wildman–Crippen LogP) is 7.63. The SMILES string of the molecule is C[C@H](CCC=O)[C@H]1CCC2C3CCC4CC5(CC[C@]4(C)C3CC[C@@]21C)OCCO5.O=C(O)c1ccccc1.[HH]. The Labute approximate surface area is 230 Å². The number of hydrogen-bond acceptors (Lipinski definition) is 4. The molecular formula is C33H50O5. The van der Waals surface area contributed by atoms with Crippen molar-refractivity contribution in [2.24, 2.45) is 46.3 Å². The molecule has 4 aliphatic carbocycles. The van der Waals surface area contributed by atoms with Crippen LogP contribution in [0.1, 0.15) is 103 Å². The Bertz CT molecular complexity index is 978. The smallest absolute Gasteiger partial charge is 0.335 e. The van der Waals surface area contributed by atoms with Gasteiger partial charge in [-0.3, -0.25) is 0 Å². The minimum Gasteiger partial charge on any atom is -0.478 e. The summed E-state index contributed by atoms with van der Waals surface area (Å²) in [6.07, 6.45) is 15.0. The van der Waals surface area contributed by atoms with E-state index in [-0.39, 0.29) is 7.21 Å². The van der Waals surface area contributed by atoms with Crippen LogP contribution >= 0.6 is 0 Å². The normalized spacial score (nSPS) is 39.7. The number of carbonyl (C=O) groups excluding carboxylic acids is 1. The third-order valence-corrected chi connectivity index (χ3v) is 12.0. The van der Waals surface area contributed by atoms with Crippen LogP contribution in [-0.2, 0) is 14.3 Å². The number of hydrogen-bond donors (Lipinski definition) is 1. The summed E-state index contributed by atoms with van der Waals surface area (Å²) >= 11 is 0. The van der Waals surface area contributed by atoms with Crippen molar-refractivity contribution in [1.29, 1.82) is 0 Å². The highest BCUT2D eigenvalue weighted by molar-refractivity contribution is 5.87. The Morgan fingerprint density at radius 2 is 1.71 bits per heavy atom. The van der Waals surface area contributed by atoms with E-state index >= 15 is 0 Å². The van der Waals surface area contributed by atoms with Gasteiger partial charge in [-0.25, -0.2) is 4.79 Å². The first-order valence-electron chi connectivity index (χ1n) is 15.2. The second-order valence-electron chi connectivity index (χ2n) is 13.6. The molecule has 1 N–H and O–H groups in total. The van der Waals surface area contributed by atoms with Crippen molar-refractivity contribution in [2.45, 2.75) is 97.2 Å². The fourth-order valence-electron chi connectivity index (χ4n) is 10.0. The van der Waals surface area contributed by atoms with Crippen LogP contribution in [-0.4, -0.2) is 36.4 Å². The Morgan fingerprint density at radius 1 is 1.00 bits per heavy atom. The maximum absolute atomic E-state index is 10.9. The molecule has 38 heavy (non-hydrogen) atoms. The highest BCUT2D eigenvalue weighted by Gasteiger charge is 2.62. The van der Waals surface area contributed by atoms with Crippen LogP contribution in [0, 0.1) is 46.3 Å². The number of carboxylic acid groups (broad SMARTS) is 1. The van der Waals surface area contributed by atoms with E-state index in [4.69, 9.17) is 14.6 Å². The molecule has 4 saturated carbocycles. The highest BCUT2D eigenvalue weighted by Crippen LogP contribution is 2.69. The number of carbonyl (C=O) groups is 2. The maximum Gasteiger partial charge on any atom is 0.335 e. The lowest BCUT2D eigenvalue weighted by Gasteiger charge is -2.62. The van der Waals surface area contributed by atoms with Crippen LogP contribution in [0.15, 0.2) is 30.3 Å². The topological polar surface area (TPSA) is 72.8 Å². The number of carboxylic acids is 1. The molecule has 0 amide bonds.